The quantitative estimate of drug-likeness (QED) is 0.583. The molecule has 0 rings (SSSR count). The van der Waals surface area contributed by atoms with Crippen molar-refractivity contribution in [2.45, 2.75) is 27.7 Å². The standard InChI is InChI=1S/C10H16O3S/c1-5-9(4)6-7-10(8(2)3)14(11,12)13/h5-7H,1-4H3,(H,11,12,13)/b7-6-,9-5-. The van der Waals surface area contributed by atoms with Crippen LogP contribution in [-0.4, -0.2) is 13.0 Å². The fraction of sp³-hybridized carbons (Fsp3) is 0.400. The number of hydrogen-bond donors (Lipinski definition) is 1. The summed E-state index contributed by atoms with van der Waals surface area (Å²) in [5.74, 6) is 0. The summed E-state index contributed by atoms with van der Waals surface area (Å²) in [5, 5.41) is 0. The molecule has 0 saturated heterocycles. The van der Waals surface area contributed by atoms with Gasteiger partial charge in [0.15, 0.2) is 0 Å². The molecule has 0 spiro atoms. The molecular formula is C10H16O3S. The van der Waals surface area contributed by atoms with Gasteiger partial charge in [0, 0.05) is 0 Å². The summed E-state index contributed by atoms with van der Waals surface area (Å²) >= 11 is 0. The van der Waals surface area contributed by atoms with Crippen LogP contribution in [0.15, 0.2) is 34.3 Å². The van der Waals surface area contributed by atoms with Crippen molar-refractivity contribution in [3.63, 3.8) is 0 Å². The molecule has 3 nitrogen and oxygen atoms in total. The third-order valence-electron chi connectivity index (χ3n) is 1.72. The minimum absolute atomic E-state index is 0.0429. The highest BCUT2D eigenvalue weighted by molar-refractivity contribution is 7.90. The van der Waals surface area contributed by atoms with Crippen molar-refractivity contribution in [2.75, 3.05) is 0 Å². The first-order chi connectivity index (χ1) is 6.29. The Morgan fingerprint density at radius 2 is 1.64 bits per heavy atom. The van der Waals surface area contributed by atoms with E-state index in [4.69, 9.17) is 4.55 Å². The Labute approximate surface area is 85.6 Å². The first kappa shape index (κ1) is 13.1. The Balaban J connectivity index is 5.15. The lowest BCUT2D eigenvalue weighted by Crippen LogP contribution is -2.01. The molecule has 0 aliphatic heterocycles. The van der Waals surface area contributed by atoms with Crippen LogP contribution < -0.4 is 0 Å². The summed E-state index contributed by atoms with van der Waals surface area (Å²) in [6.07, 6.45) is 4.90. The molecule has 0 amide bonds. The Hall–Kier alpha value is -0.870. The summed E-state index contributed by atoms with van der Waals surface area (Å²) in [4.78, 5) is -0.0429. The van der Waals surface area contributed by atoms with E-state index in [-0.39, 0.29) is 4.91 Å². The van der Waals surface area contributed by atoms with E-state index >= 15 is 0 Å². The van der Waals surface area contributed by atoms with Crippen LogP contribution in [0.3, 0.4) is 0 Å². The van der Waals surface area contributed by atoms with Gasteiger partial charge in [0.25, 0.3) is 10.1 Å². The average Bonchev–Trinajstić information content (AvgIpc) is 2.01. The Bertz CT molecular complexity index is 380. The van der Waals surface area contributed by atoms with Crippen LogP contribution in [0.4, 0.5) is 0 Å². The molecule has 0 aromatic rings. The lowest BCUT2D eigenvalue weighted by molar-refractivity contribution is 0.492. The third kappa shape index (κ3) is 4.39. The Morgan fingerprint density at radius 1 is 1.14 bits per heavy atom. The van der Waals surface area contributed by atoms with Crippen molar-refractivity contribution < 1.29 is 13.0 Å². The van der Waals surface area contributed by atoms with E-state index in [0.717, 1.165) is 5.57 Å². The molecule has 0 radical (unpaired) electrons. The molecule has 0 aromatic heterocycles. The van der Waals surface area contributed by atoms with Gasteiger partial charge in [-0.2, -0.15) is 8.42 Å². The van der Waals surface area contributed by atoms with Crippen molar-refractivity contribution in [3.05, 3.63) is 34.3 Å². The van der Waals surface area contributed by atoms with Gasteiger partial charge in [-0.3, -0.25) is 4.55 Å². The van der Waals surface area contributed by atoms with Crippen molar-refractivity contribution in [3.8, 4) is 0 Å². The topological polar surface area (TPSA) is 54.4 Å². The van der Waals surface area contributed by atoms with Crippen LogP contribution in [-0.2, 0) is 10.1 Å². The number of rotatable bonds is 3. The maximum Gasteiger partial charge on any atom is 0.294 e. The summed E-state index contributed by atoms with van der Waals surface area (Å²) < 4.78 is 30.7. The van der Waals surface area contributed by atoms with Crippen molar-refractivity contribution in [1.29, 1.82) is 0 Å². The van der Waals surface area contributed by atoms with Crippen LogP contribution in [0.2, 0.25) is 0 Å². The molecule has 80 valence electrons. The molecule has 0 heterocycles. The Morgan fingerprint density at radius 3 is 1.93 bits per heavy atom. The van der Waals surface area contributed by atoms with Gasteiger partial charge in [-0.25, -0.2) is 0 Å². The smallest absolute Gasteiger partial charge is 0.282 e. The monoisotopic (exact) mass is 216 g/mol. The van der Waals surface area contributed by atoms with Gasteiger partial charge in [-0.05, 0) is 33.8 Å². The maximum absolute atomic E-state index is 10.9. The number of allylic oxidation sites excluding steroid dienone is 5. The van der Waals surface area contributed by atoms with Crippen LogP contribution in [0.1, 0.15) is 27.7 Å². The SMILES string of the molecule is C/C=C(C)\C=C/C(=C(C)C)S(=O)(=O)O. The first-order valence-corrected chi connectivity index (χ1v) is 5.69. The van der Waals surface area contributed by atoms with Crippen LogP contribution in [0, 0.1) is 0 Å². The molecule has 4 heteroatoms. The van der Waals surface area contributed by atoms with Crippen LogP contribution in [0.5, 0.6) is 0 Å². The van der Waals surface area contributed by atoms with Crippen LogP contribution in [0.25, 0.3) is 0 Å². The molecule has 0 saturated carbocycles. The van der Waals surface area contributed by atoms with E-state index in [2.05, 4.69) is 0 Å². The van der Waals surface area contributed by atoms with Gasteiger partial charge >= 0.3 is 0 Å². The highest BCUT2D eigenvalue weighted by Crippen LogP contribution is 2.13. The zero-order valence-corrected chi connectivity index (χ0v) is 9.72. The Kier molecular flexibility index (Phi) is 4.80. The minimum atomic E-state index is -4.10. The molecule has 0 aromatic carbocycles. The van der Waals surface area contributed by atoms with Crippen molar-refractivity contribution in [1.82, 2.24) is 0 Å². The largest absolute Gasteiger partial charge is 0.294 e. The predicted octanol–water partition coefficient (Wildman–Crippen LogP) is 2.69. The lowest BCUT2D eigenvalue weighted by Gasteiger charge is -2.00. The van der Waals surface area contributed by atoms with E-state index < -0.39 is 10.1 Å². The molecule has 0 fully saturated rings. The fourth-order valence-electron chi connectivity index (χ4n) is 0.814. The summed E-state index contributed by atoms with van der Waals surface area (Å²) in [7, 11) is -4.10. The molecule has 0 bridgehead atoms. The second-order valence-corrected chi connectivity index (χ2v) is 4.60. The molecule has 14 heavy (non-hydrogen) atoms. The summed E-state index contributed by atoms with van der Waals surface area (Å²) in [6, 6.07) is 0. The summed E-state index contributed by atoms with van der Waals surface area (Å²) in [5.41, 5.74) is 1.50. The van der Waals surface area contributed by atoms with Crippen LogP contribution >= 0.6 is 0 Å². The van der Waals surface area contributed by atoms with E-state index in [1.807, 2.05) is 19.9 Å². The maximum atomic E-state index is 10.9. The zero-order valence-electron chi connectivity index (χ0n) is 8.90. The van der Waals surface area contributed by atoms with E-state index in [1.165, 1.54) is 6.08 Å². The lowest BCUT2D eigenvalue weighted by atomic mass is 10.2. The van der Waals surface area contributed by atoms with Gasteiger partial charge in [0.2, 0.25) is 0 Å². The van der Waals surface area contributed by atoms with E-state index in [9.17, 15) is 8.42 Å². The minimum Gasteiger partial charge on any atom is -0.282 e. The molecule has 0 atom stereocenters. The summed E-state index contributed by atoms with van der Waals surface area (Å²) in [6.45, 7) is 6.98. The molecule has 1 N–H and O–H groups in total. The number of hydrogen-bond acceptors (Lipinski definition) is 2. The second-order valence-electron chi connectivity index (χ2n) is 3.21. The normalized spacial score (nSPS) is 13.4. The predicted molar refractivity (Wildman–Crippen MR) is 58.5 cm³/mol. The van der Waals surface area contributed by atoms with Gasteiger partial charge in [-0.15, -0.1) is 0 Å². The molecule has 0 aliphatic rings. The third-order valence-corrected chi connectivity index (χ3v) is 2.82. The molecule has 0 aliphatic carbocycles. The van der Waals surface area contributed by atoms with Gasteiger partial charge < -0.3 is 0 Å². The highest BCUT2D eigenvalue weighted by Gasteiger charge is 2.11. The molecule has 0 unspecified atom stereocenters. The zero-order chi connectivity index (χ0) is 11.4. The first-order valence-electron chi connectivity index (χ1n) is 4.25. The van der Waals surface area contributed by atoms with Crippen molar-refractivity contribution in [2.24, 2.45) is 0 Å². The van der Waals surface area contributed by atoms with Gasteiger partial charge in [0.1, 0.15) is 0 Å². The van der Waals surface area contributed by atoms with E-state index in [0.29, 0.717) is 5.57 Å². The van der Waals surface area contributed by atoms with Gasteiger partial charge in [0.05, 0.1) is 4.91 Å². The average molecular weight is 216 g/mol. The fourth-order valence-corrected chi connectivity index (χ4v) is 1.57. The second kappa shape index (κ2) is 5.12. The van der Waals surface area contributed by atoms with Crippen molar-refractivity contribution >= 4 is 10.1 Å². The van der Waals surface area contributed by atoms with Gasteiger partial charge in [-0.1, -0.05) is 23.3 Å². The van der Waals surface area contributed by atoms with E-state index in [1.54, 1.807) is 19.9 Å². The highest BCUT2D eigenvalue weighted by atomic mass is 32.2. The molecular weight excluding hydrogens is 200 g/mol.